The van der Waals surface area contributed by atoms with E-state index >= 15 is 0 Å². The Balaban J connectivity index is 1.36. The molecule has 0 spiro atoms. The van der Waals surface area contributed by atoms with Crippen molar-refractivity contribution < 1.29 is 17.6 Å². The van der Waals surface area contributed by atoms with E-state index in [9.17, 15) is 17.6 Å². The van der Waals surface area contributed by atoms with Gasteiger partial charge in [-0.2, -0.15) is 0 Å². The summed E-state index contributed by atoms with van der Waals surface area (Å²) in [5.74, 6) is 0.100. The average Bonchev–Trinajstić information content (AvgIpc) is 2.88. The Morgan fingerprint density at radius 1 is 1.18 bits per heavy atom. The minimum absolute atomic E-state index is 0.0139. The Kier molecular flexibility index (Phi) is 8.52. The van der Waals surface area contributed by atoms with Gasteiger partial charge in [0.2, 0.25) is 16.0 Å². The van der Waals surface area contributed by atoms with Crippen LogP contribution < -0.4 is 15.4 Å². The minimum Gasteiger partial charge on any atom is -0.336 e. The van der Waals surface area contributed by atoms with E-state index in [1.807, 2.05) is 11.8 Å². The Bertz CT molecular complexity index is 1390. The van der Waals surface area contributed by atoms with Gasteiger partial charge in [0.05, 0.1) is 11.9 Å². The maximum Gasteiger partial charge on any atom is 0.254 e. The second-order valence-electron chi connectivity index (χ2n) is 9.40. The number of aromatic nitrogens is 3. The minimum atomic E-state index is -3.49. The largest absolute Gasteiger partial charge is 0.336 e. The molecule has 0 unspecified atom stereocenters. The van der Waals surface area contributed by atoms with E-state index in [0.717, 1.165) is 36.8 Å². The van der Waals surface area contributed by atoms with Gasteiger partial charge in [0, 0.05) is 48.8 Å². The molecule has 2 atom stereocenters. The van der Waals surface area contributed by atoms with Crippen LogP contribution in [0.3, 0.4) is 0 Å². The van der Waals surface area contributed by atoms with E-state index in [4.69, 9.17) is 0 Å². The van der Waals surface area contributed by atoms with Crippen LogP contribution in [0.15, 0.2) is 48.8 Å². The molecule has 1 fully saturated rings. The maximum absolute atomic E-state index is 13.2. The van der Waals surface area contributed by atoms with Crippen molar-refractivity contribution in [1.29, 1.82) is 0 Å². The highest BCUT2D eigenvalue weighted by molar-refractivity contribution is 7.92. The number of sulfonamides is 1. The average molecular weight is 542 g/mol. The van der Waals surface area contributed by atoms with Gasteiger partial charge < -0.3 is 15.5 Å². The molecule has 1 aliphatic rings. The standard InChI is InChI=1S/C26H32FN7O3S/c1-4-18-15-30-26(31-21-7-5-20(27)6-8-21)32-23(18)16-29-22-10-12-34(17(2)13-22)25(35)19-9-11-28-24(14-19)33-38(3,36)37/h5-9,11,14-15,17,22,29H,4,10,12-13,16H2,1-3H3,(H,28,33)(H,30,31,32)/t17-,22-/m1/s1. The van der Waals surface area contributed by atoms with Crippen LogP contribution in [-0.4, -0.2) is 59.1 Å². The van der Waals surface area contributed by atoms with Gasteiger partial charge in [0.1, 0.15) is 11.6 Å². The zero-order chi connectivity index (χ0) is 27.3. The number of piperidine rings is 1. The summed E-state index contributed by atoms with van der Waals surface area (Å²) in [6.07, 6.45) is 6.59. The molecular weight excluding hydrogens is 509 g/mol. The van der Waals surface area contributed by atoms with Gasteiger partial charge in [0.15, 0.2) is 0 Å². The zero-order valence-corrected chi connectivity index (χ0v) is 22.4. The molecule has 12 heteroatoms. The third kappa shape index (κ3) is 7.23. The summed E-state index contributed by atoms with van der Waals surface area (Å²) in [6.45, 7) is 5.18. The third-order valence-corrected chi connectivity index (χ3v) is 7.01. The van der Waals surface area contributed by atoms with Crippen LogP contribution in [0.25, 0.3) is 0 Å². The predicted octanol–water partition coefficient (Wildman–Crippen LogP) is 3.47. The molecule has 3 N–H and O–H groups in total. The molecule has 202 valence electrons. The monoisotopic (exact) mass is 541 g/mol. The lowest BCUT2D eigenvalue weighted by molar-refractivity contribution is 0.0601. The second-order valence-corrected chi connectivity index (χ2v) is 11.2. The van der Waals surface area contributed by atoms with Crippen molar-refractivity contribution in [2.75, 3.05) is 22.8 Å². The highest BCUT2D eigenvalue weighted by Crippen LogP contribution is 2.22. The van der Waals surface area contributed by atoms with Gasteiger partial charge in [-0.25, -0.2) is 27.8 Å². The van der Waals surface area contributed by atoms with Crippen LogP contribution in [0.4, 0.5) is 21.8 Å². The Labute approximate surface area is 222 Å². The SMILES string of the molecule is CCc1cnc(Nc2ccc(F)cc2)nc1CN[C@@H]1CCN(C(=O)c2ccnc(NS(C)(=O)=O)c2)[C@H](C)C1. The summed E-state index contributed by atoms with van der Waals surface area (Å²) in [5, 5.41) is 6.70. The van der Waals surface area contributed by atoms with Crippen molar-refractivity contribution in [3.63, 3.8) is 0 Å². The van der Waals surface area contributed by atoms with Gasteiger partial charge in [0.25, 0.3) is 5.91 Å². The molecule has 3 heterocycles. The van der Waals surface area contributed by atoms with Crippen molar-refractivity contribution >= 4 is 33.4 Å². The highest BCUT2D eigenvalue weighted by atomic mass is 32.2. The molecule has 1 saturated heterocycles. The fraction of sp³-hybridized carbons (Fsp3) is 0.385. The first-order valence-corrected chi connectivity index (χ1v) is 14.4. The number of nitrogens with zero attached hydrogens (tertiary/aromatic N) is 4. The van der Waals surface area contributed by atoms with Crippen LogP contribution in [0.2, 0.25) is 0 Å². The number of likely N-dealkylation sites (tertiary alicyclic amines) is 1. The number of halogens is 1. The molecule has 1 aliphatic heterocycles. The molecular formula is C26H32FN7O3S. The van der Waals surface area contributed by atoms with Crippen LogP contribution in [0, 0.1) is 5.82 Å². The second kappa shape index (κ2) is 11.8. The van der Waals surface area contributed by atoms with Crippen molar-refractivity contribution in [1.82, 2.24) is 25.2 Å². The van der Waals surface area contributed by atoms with Gasteiger partial charge in [-0.1, -0.05) is 6.92 Å². The molecule has 1 aromatic carbocycles. The van der Waals surface area contributed by atoms with E-state index < -0.39 is 10.0 Å². The number of nitrogens with one attached hydrogen (secondary N) is 3. The molecule has 2 aromatic heterocycles. The number of rotatable bonds is 9. The molecule has 0 saturated carbocycles. The number of hydrogen-bond donors (Lipinski definition) is 3. The van der Waals surface area contributed by atoms with E-state index in [0.29, 0.717) is 30.3 Å². The van der Waals surface area contributed by atoms with Gasteiger partial charge >= 0.3 is 0 Å². The van der Waals surface area contributed by atoms with Crippen molar-refractivity contribution in [3.05, 3.63) is 71.4 Å². The summed E-state index contributed by atoms with van der Waals surface area (Å²) in [5.41, 5.74) is 3.02. The molecule has 1 amide bonds. The highest BCUT2D eigenvalue weighted by Gasteiger charge is 2.29. The molecule has 0 aliphatic carbocycles. The van der Waals surface area contributed by atoms with E-state index in [2.05, 4.69) is 37.2 Å². The molecule has 0 bridgehead atoms. The lowest BCUT2D eigenvalue weighted by atomic mass is 9.97. The third-order valence-electron chi connectivity index (χ3n) is 6.43. The van der Waals surface area contributed by atoms with Crippen molar-refractivity contribution in [2.24, 2.45) is 0 Å². The summed E-state index contributed by atoms with van der Waals surface area (Å²) in [6, 6.07) is 9.26. The van der Waals surface area contributed by atoms with Crippen LogP contribution in [-0.2, 0) is 23.0 Å². The van der Waals surface area contributed by atoms with E-state index in [-0.39, 0.29) is 29.6 Å². The molecule has 4 rings (SSSR count). The first-order valence-electron chi connectivity index (χ1n) is 12.5. The Hall–Kier alpha value is -3.64. The number of aryl methyl sites for hydroxylation is 1. The number of amides is 1. The lowest BCUT2D eigenvalue weighted by Crippen LogP contribution is -2.49. The van der Waals surface area contributed by atoms with Crippen molar-refractivity contribution in [3.8, 4) is 0 Å². The number of pyridine rings is 1. The summed E-state index contributed by atoms with van der Waals surface area (Å²) in [4.78, 5) is 28.0. The van der Waals surface area contributed by atoms with E-state index in [1.54, 1.807) is 24.4 Å². The lowest BCUT2D eigenvalue weighted by Gasteiger charge is -2.38. The fourth-order valence-corrected chi connectivity index (χ4v) is 4.98. The number of carbonyl (C=O) groups is 1. The number of hydrogen-bond acceptors (Lipinski definition) is 8. The predicted molar refractivity (Wildman–Crippen MR) is 144 cm³/mol. The normalized spacial score (nSPS) is 17.7. The quantitative estimate of drug-likeness (QED) is 0.376. The topological polar surface area (TPSA) is 129 Å². The number of benzene rings is 1. The maximum atomic E-state index is 13.2. The van der Waals surface area contributed by atoms with Gasteiger partial charge in [-0.05, 0) is 68.1 Å². The summed E-state index contributed by atoms with van der Waals surface area (Å²) < 4.78 is 38.5. The Morgan fingerprint density at radius 2 is 1.95 bits per heavy atom. The van der Waals surface area contributed by atoms with Crippen LogP contribution in [0.5, 0.6) is 0 Å². The zero-order valence-electron chi connectivity index (χ0n) is 21.6. The van der Waals surface area contributed by atoms with Crippen LogP contribution in [0.1, 0.15) is 48.3 Å². The first kappa shape index (κ1) is 27.4. The smallest absolute Gasteiger partial charge is 0.254 e. The number of carbonyl (C=O) groups excluding carboxylic acids is 1. The van der Waals surface area contributed by atoms with Gasteiger partial charge in [-0.3, -0.25) is 9.52 Å². The Morgan fingerprint density at radius 3 is 2.63 bits per heavy atom. The number of anilines is 3. The molecule has 0 radical (unpaired) electrons. The molecule has 10 nitrogen and oxygen atoms in total. The van der Waals surface area contributed by atoms with Gasteiger partial charge in [-0.15, -0.1) is 0 Å². The summed E-state index contributed by atoms with van der Waals surface area (Å²) in [7, 11) is -3.49. The molecule has 38 heavy (non-hydrogen) atoms. The molecule has 3 aromatic rings. The van der Waals surface area contributed by atoms with E-state index in [1.165, 1.54) is 24.4 Å². The summed E-state index contributed by atoms with van der Waals surface area (Å²) >= 11 is 0. The van der Waals surface area contributed by atoms with Crippen molar-refractivity contribution in [2.45, 2.75) is 51.7 Å². The first-order chi connectivity index (χ1) is 18.1. The van der Waals surface area contributed by atoms with Crippen LogP contribution >= 0.6 is 0 Å². The fourth-order valence-electron chi connectivity index (χ4n) is 4.49.